The summed E-state index contributed by atoms with van der Waals surface area (Å²) in [7, 11) is 1.26. The second-order valence-corrected chi connectivity index (χ2v) is 1.47. The third-order valence-electron chi connectivity index (χ3n) is 0.753. The molecule has 0 aromatic carbocycles. The highest BCUT2D eigenvalue weighted by Crippen LogP contribution is 1.85. The summed E-state index contributed by atoms with van der Waals surface area (Å²) in [5.41, 5.74) is 4.52. The molecule has 0 amide bonds. The molecule has 0 aromatic heterocycles. The first-order valence-electron chi connectivity index (χ1n) is 2.41. The molecule has 5 nitrogen and oxygen atoms in total. The lowest BCUT2D eigenvalue weighted by Crippen LogP contribution is -2.12. The van der Waals surface area contributed by atoms with E-state index >= 15 is 0 Å². The summed E-state index contributed by atoms with van der Waals surface area (Å²) in [5, 5.41) is 15.0. The van der Waals surface area contributed by atoms with Crippen LogP contribution in [-0.4, -0.2) is 24.1 Å². The van der Waals surface area contributed by atoms with Crippen LogP contribution in [0.25, 0.3) is 0 Å². The molecule has 0 saturated carbocycles. The first-order chi connectivity index (χ1) is 4.57. The second-order valence-electron chi connectivity index (χ2n) is 1.47. The van der Waals surface area contributed by atoms with E-state index in [0.29, 0.717) is 0 Å². The van der Waals surface area contributed by atoms with Crippen LogP contribution in [0.1, 0.15) is 0 Å². The highest BCUT2D eigenvalue weighted by molar-refractivity contribution is 5.95. The van der Waals surface area contributed by atoms with Gasteiger partial charge in [0.05, 0.1) is 7.11 Å². The van der Waals surface area contributed by atoms with E-state index in [4.69, 9.17) is 16.2 Å². The number of ether oxygens (including phenoxy) is 1. The van der Waals surface area contributed by atoms with Crippen molar-refractivity contribution in [2.45, 2.75) is 0 Å². The van der Waals surface area contributed by atoms with Gasteiger partial charge in [0.1, 0.15) is 5.70 Å². The minimum atomic E-state index is -1.26. The van der Waals surface area contributed by atoms with Gasteiger partial charge in [-0.05, 0) is 0 Å². The number of nitrogens with two attached hydrogens (primary N) is 1. The van der Waals surface area contributed by atoms with Crippen molar-refractivity contribution in [3.05, 3.63) is 11.8 Å². The van der Waals surface area contributed by atoms with Crippen molar-refractivity contribution in [1.82, 2.24) is 0 Å². The number of carboxylic acid groups (broad SMARTS) is 1. The molecule has 4 N–H and O–H groups in total. The van der Waals surface area contributed by atoms with E-state index in [1.165, 1.54) is 7.11 Å². The summed E-state index contributed by atoms with van der Waals surface area (Å²) in [6.07, 6.45) is 0.919. The van der Waals surface area contributed by atoms with Gasteiger partial charge in [0.25, 0.3) is 0 Å². The van der Waals surface area contributed by atoms with Crippen LogP contribution in [0, 0.1) is 5.41 Å². The Morgan fingerprint density at radius 2 is 2.30 bits per heavy atom. The van der Waals surface area contributed by atoms with Crippen molar-refractivity contribution < 1.29 is 14.6 Å². The van der Waals surface area contributed by atoms with Crippen LogP contribution in [0.5, 0.6) is 0 Å². The molecule has 0 atom stereocenters. The normalized spacial score (nSPS) is 10.7. The molecule has 0 rings (SSSR count). The van der Waals surface area contributed by atoms with Crippen molar-refractivity contribution >= 4 is 11.9 Å². The average Bonchev–Trinajstić information content (AvgIpc) is 1.87. The van der Waals surface area contributed by atoms with Gasteiger partial charge >= 0.3 is 5.97 Å². The van der Waals surface area contributed by atoms with Crippen LogP contribution in [-0.2, 0) is 9.53 Å². The van der Waals surface area contributed by atoms with E-state index in [0.717, 1.165) is 6.08 Å². The Balaban J connectivity index is 4.16. The van der Waals surface area contributed by atoms with Crippen LogP contribution < -0.4 is 5.73 Å². The maximum absolute atomic E-state index is 10.0. The summed E-state index contributed by atoms with van der Waals surface area (Å²) in [5.74, 6) is -1.54. The zero-order chi connectivity index (χ0) is 8.15. The predicted octanol–water partition coefficient (Wildman–Crippen LogP) is -0.463. The molecule has 0 spiro atoms. The fourth-order valence-corrected chi connectivity index (χ4v) is 0.262. The quantitative estimate of drug-likeness (QED) is 0.277. The van der Waals surface area contributed by atoms with Crippen LogP contribution >= 0.6 is 0 Å². The molecule has 56 valence electrons. The monoisotopic (exact) mass is 144 g/mol. The van der Waals surface area contributed by atoms with Gasteiger partial charge < -0.3 is 15.6 Å². The van der Waals surface area contributed by atoms with Crippen LogP contribution in [0.2, 0.25) is 0 Å². The van der Waals surface area contributed by atoms with Crippen LogP contribution in [0.4, 0.5) is 0 Å². The van der Waals surface area contributed by atoms with E-state index in [9.17, 15) is 4.79 Å². The smallest absolute Gasteiger partial charge is 0.351 e. The number of hydrogen-bond acceptors (Lipinski definition) is 4. The topological polar surface area (TPSA) is 96.4 Å². The Morgan fingerprint density at radius 1 is 1.80 bits per heavy atom. The predicted molar refractivity (Wildman–Crippen MR) is 34.6 cm³/mol. The molecule has 0 unspecified atom stereocenters. The number of rotatable bonds is 2. The van der Waals surface area contributed by atoms with Gasteiger partial charge in [-0.2, -0.15) is 0 Å². The molecule has 5 heteroatoms. The molecule has 0 heterocycles. The zero-order valence-electron chi connectivity index (χ0n) is 5.42. The van der Waals surface area contributed by atoms with Crippen molar-refractivity contribution in [3.8, 4) is 0 Å². The van der Waals surface area contributed by atoms with Crippen molar-refractivity contribution in [2.24, 2.45) is 5.73 Å². The molecule has 0 bridgehead atoms. The van der Waals surface area contributed by atoms with Gasteiger partial charge in [0.2, 0.25) is 5.90 Å². The molecule has 0 aliphatic heterocycles. The van der Waals surface area contributed by atoms with E-state index in [1.54, 1.807) is 0 Å². The minimum absolute atomic E-state index is 0.278. The number of nitrogens with one attached hydrogen (secondary N) is 1. The van der Waals surface area contributed by atoms with Crippen molar-refractivity contribution in [1.29, 1.82) is 5.41 Å². The lowest BCUT2D eigenvalue weighted by atomic mass is 10.4. The molecule has 0 aliphatic rings. The van der Waals surface area contributed by atoms with E-state index in [-0.39, 0.29) is 5.90 Å². The lowest BCUT2D eigenvalue weighted by molar-refractivity contribution is -0.132. The zero-order valence-corrected chi connectivity index (χ0v) is 5.42. The maximum Gasteiger partial charge on any atom is 0.351 e. The highest BCUT2D eigenvalue weighted by Gasteiger charge is 2.01. The van der Waals surface area contributed by atoms with E-state index in [2.05, 4.69) is 4.74 Å². The number of methoxy groups -OCH3 is 1. The third kappa shape index (κ3) is 2.71. The number of aliphatic carboxylic acids is 1. The van der Waals surface area contributed by atoms with Gasteiger partial charge in [-0.1, -0.05) is 0 Å². The van der Waals surface area contributed by atoms with Gasteiger partial charge in [-0.3, -0.25) is 5.41 Å². The SMILES string of the molecule is COC(=N)C=C(N)C(=O)O. The molecule has 0 aliphatic carbocycles. The van der Waals surface area contributed by atoms with Gasteiger partial charge in [-0.25, -0.2) is 4.79 Å². The Labute approximate surface area is 57.6 Å². The Morgan fingerprint density at radius 3 is 2.60 bits per heavy atom. The molecular weight excluding hydrogens is 136 g/mol. The van der Waals surface area contributed by atoms with E-state index in [1.807, 2.05) is 0 Å². The Bertz CT molecular complexity index is 185. The Kier molecular flexibility index (Phi) is 2.96. The second kappa shape index (κ2) is 3.49. The first kappa shape index (κ1) is 8.48. The fourth-order valence-electron chi connectivity index (χ4n) is 0.262. The van der Waals surface area contributed by atoms with Gasteiger partial charge in [0.15, 0.2) is 0 Å². The van der Waals surface area contributed by atoms with Crippen molar-refractivity contribution in [3.63, 3.8) is 0 Å². The fraction of sp³-hybridized carbons (Fsp3) is 0.200. The standard InChI is InChI=1S/C5H8N2O3/c1-10-4(7)2-3(6)5(8)9/h2,7H,6H2,1H3,(H,8,9). The number of carboxylic acids is 1. The lowest BCUT2D eigenvalue weighted by Gasteiger charge is -1.94. The molecule has 0 aromatic rings. The van der Waals surface area contributed by atoms with Crippen LogP contribution in [0.15, 0.2) is 11.8 Å². The maximum atomic E-state index is 10.0. The van der Waals surface area contributed by atoms with Gasteiger partial charge in [0, 0.05) is 6.08 Å². The summed E-state index contributed by atoms with van der Waals surface area (Å²) in [6, 6.07) is 0. The number of carbonyl (C=O) groups is 1. The third-order valence-corrected chi connectivity index (χ3v) is 0.753. The van der Waals surface area contributed by atoms with Crippen LogP contribution in [0.3, 0.4) is 0 Å². The molecule has 0 radical (unpaired) electrons. The Hall–Kier alpha value is -1.52. The molecule has 0 saturated heterocycles. The summed E-state index contributed by atoms with van der Waals surface area (Å²) < 4.78 is 4.33. The summed E-state index contributed by atoms with van der Waals surface area (Å²) in [6.45, 7) is 0. The largest absolute Gasteiger partial charge is 0.481 e. The summed E-state index contributed by atoms with van der Waals surface area (Å²) >= 11 is 0. The number of hydrogen-bond donors (Lipinski definition) is 3. The summed E-state index contributed by atoms with van der Waals surface area (Å²) in [4.78, 5) is 10.0. The highest BCUT2D eigenvalue weighted by atomic mass is 16.5. The molecule has 10 heavy (non-hydrogen) atoms. The van der Waals surface area contributed by atoms with Gasteiger partial charge in [-0.15, -0.1) is 0 Å². The minimum Gasteiger partial charge on any atom is -0.481 e. The molecular formula is C5H8N2O3. The first-order valence-corrected chi connectivity index (χ1v) is 2.41. The molecule has 0 fully saturated rings. The average molecular weight is 144 g/mol. The van der Waals surface area contributed by atoms with E-state index < -0.39 is 11.7 Å². The van der Waals surface area contributed by atoms with Crippen molar-refractivity contribution in [2.75, 3.05) is 7.11 Å².